The molecule has 0 fully saturated rings. The van der Waals surface area contributed by atoms with Gasteiger partial charge in [0.2, 0.25) is 6.05 Å². The van der Waals surface area contributed by atoms with Gasteiger partial charge in [0.05, 0.1) is 0 Å². The molecular weight excluding hydrogens is 150 g/mol. The fraction of sp³-hybridized carbons (Fsp3) is 1.00. The van der Waals surface area contributed by atoms with E-state index < -0.39 is 15.6 Å². The molecule has 0 spiro atoms. The zero-order chi connectivity index (χ0) is 6.41. The van der Waals surface area contributed by atoms with Gasteiger partial charge in [0.15, 0.2) is 0 Å². The molecule has 0 amide bonds. The van der Waals surface area contributed by atoms with Crippen LogP contribution in [0.5, 0.6) is 0 Å². The second-order valence-electron chi connectivity index (χ2n) is 1.58. The van der Waals surface area contributed by atoms with E-state index in [2.05, 4.69) is 0 Å². The lowest BCUT2D eigenvalue weighted by Gasteiger charge is -1.92. The van der Waals surface area contributed by atoms with Crippen molar-refractivity contribution >= 4 is 21.1 Å². The summed E-state index contributed by atoms with van der Waals surface area (Å²) in [6.07, 6.45) is 0.762. The Balaban J connectivity index is 2.72. The Morgan fingerprint density at radius 2 is 2.12 bits per heavy atom. The van der Waals surface area contributed by atoms with Gasteiger partial charge in [-0.05, 0) is 6.42 Å². The molecular formula is C4H9ClF2Si. The van der Waals surface area contributed by atoms with E-state index in [9.17, 15) is 8.78 Å². The largest absolute Gasteiger partial charge is 0.216 e. The Kier molecular flexibility index (Phi) is 5.75. The quantitative estimate of drug-likeness (QED) is 0.330. The van der Waals surface area contributed by atoms with E-state index in [1.165, 1.54) is 0 Å². The van der Waals surface area contributed by atoms with E-state index in [-0.39, 0.29) is 0 Å². The maximum atomic E-state index is 11.4. The first-order chi connectivity index (χ1) is 3.77. The summed E-state index contributed by atoms with van der Waals surface area (Å²) in [4.78, 5) is 0. The Morgan fingerprint density at radius 3 is 2.50 bits per heavy atom. The zero-order valence-electron chi connectivity index (χ0n) is 4.54. The third kappa shape index (κ3) is 6.37. The summed E-state index contributed by atoms with van der Waals surface area (Å²) in [7, 11) is -1.08. The maximum Gasteiger partial charge on any atom is 0.214 e. The van der Waals surface area contributed by atoms with Gasteiger partial charge in [0.25, 0.3) is 0 Å². The van der Waals surface area contributed by atoms with Crippen LogP contribution in [0.3, 0.4) is 0 Å². The Hall–Kier alpha value is 0.367. The molecule has 0 aromatic heterocycles. The van der Waals surface area contributed by atoms with E-state index in [1.54, 1.807) is 0 Å². The van der Waals surface area contributed by atoms with Crippen LogP contribution in [0.4, 0.5) is 8.78 Å². The molecule has 0 rings (SSSR count). The van der Waals surface area contributed by atoms with E-state index in [0.29, 0.717) is 11.9 Å². The molecule has 4 heteroatoms. The fourth-order valence-corrected chi connectivity index (χ4v) is 1.75. The van der Waals surface area contributed by atoms with Crippen molar-refractivity contribution in [1.29, 1.82) is 0 Å². The summed E-state index contributed by atoms with van der Waals surface area (Å²) in [5.74, 6) is 0.528. The van der Waals surface area contributed by atoms with Crippen molar-refractivity contribution < 1.29 is 8.78 Å². The second kappa shape index (κ2) is 5.50. The van der Waals surface area contributed by atoms with Gasteiger partial charge < -0.3 is 0 Å². The summed E-state index contributed by atoms with van der Waals surface area (Å²) in [6, 6.07) is -1.33. The minimum atomic E-state index is -2.02. The number of hydrogen-bond acceptors (Lipinski definition) is 0. The molecule has 0 aromatic rings. The maximum absolute atomic E-state index is 11.4. The van der Waals surface area contributed by atoms with Gasteiger partial charge in [-0.25, -0.2) is 8.78 Å². The van der Waals surface area contributed by atoms with Crippen LogP contribution in [-0.4, -0.2) is 21.4 Å². The van der Waals surface area contributed by atoms with Crippen LogP contribution in [0.1, 0.15) is 6.42 Å². The summed E-state index contributed by atoms with van der Waals surface area (Å²) in [6.45, 7) is 0. The molecule has 0 nitrogen and oxygen atoms in total. The van der Waals surface area contributed by atoms with Crippen molar-refractivity contribution in [2.75, 3.05) is 5.88 Å². The Labute approximate surface area is 55.0 Å². The number of hydrogen-bond donors (Lipinski definition) is 0. The minimum Gasteiger partial charge on any atom is -0.216 e. The van der Waals surface area contributed by atoms with Gasteiger partial charge in [-0.2, -0.15) is 0 Å². The predicted octanol–water partition coefficient (Wildman–Crippen LogP) is 1.42. The number of rotatable bonds is 4. The molecule has 0 radical (unpaired) electrons. The second-order valence-corrected chi connectivity index (χ2v) is 3.86. The molecule has 0 atom stereocenters. The molecule has 0 bridgehead atoms. The van der Waals surface area contributed by atoms with Crippen molar-refractivity contribution in [2.24, 2.45) is 0 Å². The van der Waals surface area contributed by atoms with Crippen LogP contribution in [0.25, 0.3) is 0 Å². The first-order valence-corrected chi connectivity index (χ1v) is 4.96. The van der Waals surface area contributed by atoms with Gasteiger partial charge >= 0.3 is 0 Å². The van der Waals surface area contributed by atoms with Crippen molar-refractivity contribution in [3.8, 4) is 0 Å². The predicted molar refractivity (Wildman–Crippen MR) is 34.7 cm³/mol. The molecule has 0 aliphatic heterocycles. The van der Waals surface area contributed by atoms with Gasteiger partial charge in [-0.1, -0.05) is 6.04 Å². The van der Waals surface area contributed by atoms with E-state index in [1.807, 2.05) is 0 Å². The Morgan fingerprint density at radius 1 is 1.50 bits per heavy atom. The monoisotopic (exact) mass is 158 g/mol. The van der Waals surface area contributed by atoms with Crippen molar-refractivity contribution in [3.05, 3.63) is 0 Å². The average molecular weight is 159 g/mol. The summed E-state index contributed by atoms with van der Waals surface area (Å²) in [5, 5.41) is 0. The summed E-state index contributed by atoms with van der Waals surface area (Å²) < 4.78 is 22.8. The first kappa shape index (κ1) is 8.37. The highest BCUT2D eigenvalue weighted by atomic mass is 35.5. The summed E-state index contributed by atoms with van der Waals surface area (Å²) in [5.41, 5.74) is 0. The molecule has 0 aromatic carbocycles. The number of halogens is 3. The minimum absolute atomic E-state index is 0.528. The Bertz CT molecular complexity index is 51.3. The lowest BCUT2D eigenvalue weighted by Crippen LogP contribution is -2.02. The van der Waals surface area contributed by atoms with Crippen LogP contribution in [0.15, 0.2) is 0 Å². The first-order valence-electron chi connectivity index (χ1n) is 2.61. The van der Waals surface area contributed by atoms with Crippen molar-refractivity contribution in [1.82, 2.24) is 0 Å². The molecule has 0 heterocycles. The smallest absolute Gasteiger partial charge is 0.214 e. The van der Waals surface area contributed by atoms with Crippen LogP contribution in [0.2, 0.25) is 6.04 Å². The standard InChI is InChI=1S/C4H9ClF2Si/c5-2-1-3-8-4(6)7/h4H,1-3,8H2. The molecule has 0 N–H and O–H groups in total. The molecule has 0 saturated heterocycles. The van der Waals surface area contributed by atoms with Crippen molar-refractivity contribution in [2.45, 2.75) is 18.5 Å². The fourth-order valence-electron chi connectivity index (χ4n) is 0.393. The lowest BCUT2D eigenvalue weighted by molar-refractivity contribution is 0.237. The molecule has 50 valence electrons. The van der Waals surface area contributed by atoms with Crippen LogP contribution >= 0.6 is 11.6 Å². The SMILES string of the molecule is FC(F)[SiH2]CCCCl. The van der Waals surface area contributed by atoms with Gasteiger partial charge in [-0.3, -0.25) is 0 Å². The zero-order valence-corrected chi connectivity index (χ0v) is 6.71. The van der Waals surface area contributed by atoms with Gasteiger partial charge in [-0.15, -0.1) is 11.6 Å². The lowest BCUT2D eigenvalue weighted by atomic mass is 10.6. The van der Waals surface area contributed by atoms with Crippen LogP contribution in [-0.2, 0) is 0 Å². The number of alkyl halides is 3. The molecule has 0 saturated carbocycles. The van der Waals surface area contributed by atoms with Crippen molar-refractivity contribution in [3.63, 3.8) is 0 Å². The molecule has 0 aliphatic rings. The topological polar surface area (TPSA) is 0 Å². The molecule has 0 aliphatic carbocycles. The van der Waals surface area contributed by atoms with E-state index in [4.69, 9.17) is 11.6 Å². The van der Waals surface area contributed by atoms with Gasteiger partial charge in [0.1, 0.15) is 9.52 Å². The van der Waals surface area contributed by atoms with Crippen LogP contribution < -0.4 is 0 Å². The third-order valence-corrected chi connectivity index (χ3v) is 2.42. The normalized spacial score (nSPS) is 12.0. The van der Waals surface area contributed by atoms with Gasteiger partial charge in [0, 0.05) is 5.88 Å². The highest BCUT2D eigenvalue weighted by molar-refractivity contribution is 6.36. The summed E-state index contributed by atoms with van der Waals surface area (Å²) >= 11 is 5.26. The third-order valence-electron chi connectivity index (χ3n) is 0.806. The highest BCUT2D eigenvalue weighted by Crippen LogP contribution is 1.97. The average Bonchev–Trinajstić information content (AvgIpc) is 1.66. The molecule has 0 unspecified atom stereocenters. The van der Waals surface area contributed by atoms with Crippen LogP contribution in [0, 0.1) is 0 Å². The molecule has 8 heavy (non-hydrogen) atoms. The highest BCUT2D eigenvalue weighted by Gasteiger charge is 2.00. The van der Waals surface area contributed by atoms with E-state index >= 15 is 0 Å². The van der Waals surface area contributed by atoms with E-state index in [0.717, 1.165) is 6.42 Å².